The van der Waals surface area contributed by atoms with Gasteiger partial charge in [0.05, 0.1) is 0 Å². The fourth-order valence-corrected chi connectivity index (χ4v) is 12.6. The molecule has 1 fully saturated rings. The minimum atomic E-state index is -0.298. The van der Waals surface area contributed by atoms with Crippen LogP contribution in [-0.4, -0.2) is 20.9 Å². The molecule has 1 nitrogen and oxygen atoms in total. The molecule has 3 unspecified atom stereocenters. The summed E-state index contributed by atoms with van der Waals surface area (Å²) >= 11 is -0.298. The number of fused-ring (bicyclic) bond motifs is 1. The number of hydrogen-bond donors (Lipinski definition) is 0. The quantitative estimate of drug-likeness (QED) is 0.293. The van der Waals surface area contributed by atoms with Crippen LogP contribution in [0.4, 0.5) is 0 Å². The molecule has 0 aromatic rings. The number of unbranched alkanes of at least 4 members (excludes halogenated alkanes) is 7. The van der Waals surface area contributed by atoms with Crippen molar-refractivity contribution >= 4 is 5.43 Å². The van der Waals surface area contributed by atoms with E-state index in [9.17, 15) is 0 Å². The molecular weight excluding hydrogens is 456 g/mol. The fourth-order valence-electron chi connectivity index (χ4n) is 4.30. The molecule has 0 aromatic carbocycles. The van der Waals surface area contributed by atoms with Gasteiger partial charge in [0.2, 0.25) is 0 Å². The normalized spacial score (nSPS) is 23.2. The zero-order chi connectivity index (χ0) is 17.2. The molecule has 2 aliphatic rings. The predicted molar refractivity (Wildman–Crippen MR) is 105 cm³/mol. The van der Waals surface area contributed by atoms with Crippen LogP contribution < -0.4 is 24.8 Å². The molecule has 26 heavy (non-hydrogen) atoms. The van der Waals surface area contributed by atoms with E-state index in [0.29, 0.717) is 0 Å². The summed E-state index contributed by atoms with van der Waals surface area (Å²) < 4.78 is 3.06. The van der Waals surface area contributed by atoms with E-state index in [1.54, 1.807) is 0 Å². The number of hydrogen-bond acceptors (Lipinski definition) is 1. The fraction of sp³-hybridized carbons (Fsp3) is 0.810. The zero-order valence-electron chi connectivity index (χ0n) is 17.0. The first-order valence-corrected chi connectivity index (χ1v) is 17.7. The monoisotopic (exact) mass is 492 g/mol. The minimum Gasteiger partial charge on any atom is -1.00 e. The molecule has 0 aliphatic heterocycles. The minimum absolute atomic E-state index is 0. The van der Waals surface area contributed by atoms with Gasteiger partial charge in [0.1, 0.15) is 0 Å². The molecule has 0 saturated heterocycles. The van der Waals surface area contributed by atoms with Crippen molar-refractivity contribution in [3.8, 4) is 0 Å². The van der Waals surface area contributed by atoms with Crippen molar-refractivity contribution in [2.24, 2.45) is 11.8 Å². The Bertz CT molecular complexity index is 449. The summed E-state index contributed by atoms with van der Waals surface area (Å²) in [6.45, 7) is 8.84. The first-order valence-electron chi connectivity index (χ1n) is 10.4. The molecule has 1 saturated carbocycles. The number of halogens is 2. The summed E-state index contributed by atoms with van der Waals surface area (Å²) in [5.74, 6) is 1.69. The van der Waals surface area contributed by atoms with E-state index in [-0.39, 0.29) is 52.4 Å². The Balaban J connectivity index is 0.00000312. The van der Waals surface area contributed by atoms with E-state index < -0.39 is 0 Å². The van der Waals surface area contributed by atoms with Crippen LogP contribution in [0.1, 0.15) is 71.1 Å². The van der Waals surface area contributed by atoms with Gasteiger partial charge in [0.25, 0.3) is 0 Å². The first-order chi connectivity index (χ1) is 11.7. The molecular formula is C21H38Cl2NSiZr. The number of rotatable bonds is 11. The summed E-state index contributed by atoms with van der Waals surface area (Å²) in [4.78, 5) is 0. The van der Waals surface area contributed by atoms with Crippen molar-refractivity contribution in [2.45, 2.75) is 90.3 Å². The van der Waals surface area contributed by atoms with Gasteiger partial charge in [-0.2, -0.15) is 0 Å². The average Bonchev–Trinajstić information content (AvgIpc) is 3.00. The molecule has 149 valence electrons. The van der Waals surface area contributed by atoms with Crippen molar-refractivity contribution in [3.05, 3.63) is 24.3 Å². The molecule has 3 atom stereocenters. The van der Waals surface area contributed by atoms with Gasteiger partial charge in [-0.3, -0.25) is 0 Å². The van der Waals surface area contributed by atoms with Crippen LogP contribution in [0.3, 0.4) is 0 Å². The second-order valence-electron chi connectivity index (χ2n) is 7.94. The van der Waals surface area contributed by atoms with E-state index in [2.05, 4.69) is 47.2 Å². The second kappa shape index (κ2) is 16.0. The summed E-state index contributed by atoms with van der Waals surface area (Å²) in [6.07, 6.45) is 24.1. The Hall–Kier alpha value is 1.12. The van der Waals surface area contributed by atoms with E-state index >= 15 is 0 Å². The van der Waals surface area contributed by atoms with E-state index in [0.717, 1.165) is 17.9 Å². The van der Waals surface area contributed by atoms with Crippen molar-refractivity contribution in [2.75, 3.05) is 6.54 Å². The molecule has 0 radical (unpaired) electrons. The topological polar surface area (TPSA) is 3.24 Å². The standard InChI is InChI=1S/C19H32N.C2H6Si.2ClH.Zr/c1-2-3-4-5-6-7-8-11-16-20-19-15-14-17-12-9-10-13-18(17)19;1-3-2;;;/h9-10,12-13,17-19H,2-8,11,14-16H2,1H3;1-2H3;2*1H;/q-1;;;;+3/p-2. The number of nitrogens with zero attached hydrogens (tertiary/aromatic N) is 1. The molecule has 0 bridgehead atoms. The van der Waals surface area contributed by atoms with Crippen LogP contribution >= 0.6 is 0 Å². The second-order valence-corrected chi connectivity index (χ2v) is 20.6. The third-order valence-electron chi connectivity index (χ3n) is 5.56. The summed E-state index contributed by atoms with van der Waals surface area (Å²) in [5, 5.41) is 0. The van der Waals surface area contributed by atoms with Crippen LogP contribution in [0.25, 0.3) is 0 Å². The third-order valence-corrected chi connectivity index (χ3v) is 13.1. The van der Waals surface area contributed by atoms with Crippen LogP contribution in [-0.2, 0) is 22.1 Å². The molecule has 0 N–H and O–H groups in total. The maximum atomic E-state index is 3.06. The zero-order valence-corrected chi connectivity index (χ0v) is 22.0. The van der Waals surface area contributed by atoms with Crippen LogP contribution in [0.2, 0.25) is 13.1 Å². The summed E-state index contributed by atoms with van der Waals surface area (Å²) in [6, 6.07) is 0.896. The van der Waals surface area contributed by atoms with Crippen molar-refractivity contribution < 1.29 is 47.0 Å². The van der Waals surface area contributed by atoms with Crippen LogP contribution in [0, 0.1) is 11.8 Å². The molecule has 5 heteroatoms. The Morgan fingerprint density at radius 2 is 1.50 bits per heavy atom. The Labute approximate surface area is 187 Å². The van der Waals surface area contributed by atoms with Gasteiger partial charge in [0, 0.05) is 0 Å². The average molecular weight is 495 g/mol. The Kier molecular flexibility index (Phi) is 16.7. The molecule has 0 spiro atoms. The molecule has 0 amide bonds. The van der Waals surface area contributed by atoms with Gasteiger partial charge in [-0.1, -0.05) is 0 Å². The molecule has 0 aromatic heterocycles. The first kappa shape index (κ1) is 27.1. The number of allylic oxidation sites excluding steroid dienone is 3. The van der Waals surface area contributed by atoms with Gasteiger partial charge < -0.3 is 24.8 Å². The predicted octanol–water partition coefficient (Wildman–Crippen LogP) is 0.207. The molecule has 0 heterocycles. The van der Waals surface area contributed by atoms with Crippen molar-refractivity contribution in [3.63, 3.8) is 0 Å². The smallest absolute Gasteiger partial charge is 1.00 e. The van der Waals surface area contributed by atoms with E-state index in [1.807, 2.05) is 0 Å². The maximum Gasteiger partial charge on any atom is -1.00 e. The summed E-state index contributed by atoms with van der Waals surface area (Å²) in [5.41, 5.74) is -0.00980. The van der Waals surface area contributed by atoms with Gasteiger partial charge in [-0.15, -0.1) is 0 Å². The van der Waals surface area contributed by atoms with Crippen molar-refractivity contribution in [1.82, 2.24) is 2.84 Å². The Morgan fingerprint density at radius 1 is 0.885 bits per heavy atom. The molecule has 2 aliphatic carbocycles. The van der Waals surface area contributed by atoms with E-state index in [1.165, 1.54) is 70.8 Å². The van der Waals surface area contributed by atoms with Gasteiger partial charge in [-0.25, -0.2) is 0 Å². The Morgan fingerprint density at radius 3 is 2.15 bits per heavy atom. The SMILES string of the molecule is CCCCCCCCCC[N]([Zr+2]=[Si](C)C)C1CCC2C=CC=CC21.[Cl-].[Cl-]. The van der Waals surface area contributed by atoms with Crippen molar-refractivity contribution in [1.29, 1.82) is 0 Å². The third kappa shape index (κ3) is 9.55. The largest absolute Gasteiger partial charge is 1.00 e. The maximum absolute atomic E-state index is 3.06. The summed E-state index contributed by atoms with van der Waals surface area (Å²) in [7, 11) is 0. The van der Waals surface area contributed by atoms with Gasteiger partial charge in [0.15, 0.2) is 0 Å². The van der Waals surface area contributed by atoms with Gasteiger partial charge >= 0.3 is 163 Å². The molecule has 2 rings (SSSR count). The van der Waals surface area contributed by atoms with Gasteiger partial charge in [-0.05, 0) is 0 Å². The van der Waals surface area contributed by atoms with Crippen LogP contribution in [0.5, 0.6) is 0 Å². The van der Waals surface area contributed by atoms with Crippen LogP contribution in [0.15, 0.2) is 24.3 Å². The van der Waals surface area contributed by atoms with E-state index in [4.69, 9.17) is 0 Å².